The number of nitrogens with zero attached hydrogens (tertiary/aromatic N) is 1. The zero-order chi connectivity index (χ0) is 15.5. The number of hydrogen-bond donors (Lipinski definition) is 2. The topological polar surface area (TPSA) is 80.7 Å². The van der Waals surface area contributed by atoms with Gasteiger partial charge in [-0.25, -0.2) is 9.78 Å². The first-order valence-electron chi connectivity index (χ1n) is 7.21. The minimum absolute atomic E-state index is 0.0398. The van der Waals surface area contributed by atoms with E-state index in [-0.39, 0.29) is 12.1 Å². The maximum absolute atomic E-state index is 10.6. The Hall–Kier alpha value is -1.79. The molecule has 2 aliphatic rings. The normalized spacial score (nSPS) is 24.1. The third kappa shape index (κ3) is 3.51. The summed E-state index contributed by atoms with van der Waals surface area (Å²) in [7, 11) is 0. The maximum Gasteiger partial charge on any atom is 0.404 e. The number of halogens is 1. The molecular weight excluding hydrogens is 308 g/mol. The quantitative estimate of drug-likeness (QED) is 0.832. The van der Waals surface area contributed by atoms with Gasteiger partial charge in [-0.2, -0.15) is 0 Å². The molecule has 0 bridgehead atoms. The smallest absolute Gasteiger partial charge is 0.404 e. The molecule has 1 amide bonds. The van der Waals surface area contributed by atoms with E-state index in [1.807, 2.05) is 12.1 Å². The second-order valence-corrected chi connectivity index (χ2v) is 5.79. The van der Waals surface area contributed by atoms with Gasteiger partial charge < -0.3 is 19.9 Å². The number of carbonyl (C=O) groups is 1. The van der Waals surface area contributed by atoms with Crippen LogP contribution in [0.5, 0.6) is 5.88 Å². The van der Waals surface area contributed by atoms with Gasteiger partial charge in [-0.1, -0.05) is 17.7 Å². The van der Waals surface area contributed by atoms with E-state index < -0.39 is 6.09 Å². The van der Waals surface area contributed by atoms with Crippen molar-refractivity contribution in [2.45, 2.75) is 31.4 Å². The van der Waals surface area contributed by atoms with Crippen molar-refractivity contribution in [1.29, 1.82) is 0 Å². The summed E-state index contributed by atoms with van der Waals surface area (Å²) in [6.45, 7) is 1.27. The first-order valence-corrected chi connectivity index (χ1v) is 7.59. The van der Waals surface area contributed by atoms with Crippen LogP contribution in [0.4, 0.5) is 4.79 Å². The van der Waals surface area contributed by atoms with E-state index >= 15 is 0 Å². The number of amides is 1. The van der Waals surface area contributed by atoms with E-state index in [1.165, 1.54) is 0 Å². The molecule has 7 heteroatoms. The van der Waals surface area contributed by atoms with E-state index in [1.54, 1.807) is 6.07 Å². The molecule has 0 aromatic carbocycles. The monoisotopic (exact) mass is 324 g/mol. The lowest BCUT2D eigenvalue weighted by molar-refractivity contribution is 0.0789. The molecule has 1 saturated carbocycles. The lowest BCUT2D eigenvalue weighted by atomic mass is 9.89. The predicted octanol–water partition coefficient (Wildman–Crippen LogP) is 2.72. The molecule has 6 nitrogen and oxygen atoms in total. The van der Waals surface area contributed by atoms with E-state index in [4.69, 9.17) is 26.2 Å². The summed E-state index contributed by atoms with van der Waals surface area (Å²) in [5, 5.41) is 11.5. The van der Waals surface area contributed by atoms with Crippen molar-refractivity contribution < 1.29 is 19.4 Å². The standard InChI is InChI=1S/C15H17ClN2O4/c16-13-2-1-12(9-3-5-21-6-4-9)14(18-13)22-11-7-10(8-11)17-15(19)20/h1-3,10-11,17H,4-8H2,(H,19,20). The van der Waals surface area contributed by atoms with Crippen LogP contribution in [0, 0.1) is 0 Å². The largest absolute Gasteiger partial charge is 0.474 e. The highest BCUT2D eigenvalue weighted by atomic mass is 35.5. The van der Waals surface area contributed by atoms with Crippen LogP contribution in [-0.2, 0) is 4.74 Å². The molecule has 1 aliphatic carbocycles. The molecule has 0 unspecified atom stereocenters. The molecule has 2 heterocycles. The minimum Gasteiger partial charge on any atom is -0.474 e. The van der Waals surface area contributed by atoms with Crippen molar-refractivity contribution in [3.63, 3.8) is 0 Å². The van der Waals surface area contributed by atoms with Gasteiger partial charge in [0.2, 0.25) is 5.88 Å². The number of pyridine rings is 1. The molecule has 0 atom stereocenters. The van der Waals surface area contributed by atoms with Crippen molar-refractivity contribution in [2.24, 2.45) is 0 Å². The Labute approximate surface area is 133 Å². The predicted molar refractivity (Wildman–Crippen MR) is 81.3 cm³/mol. The highest BCUT2D eigenvalue weighted by Crippen LogP contribution is 2.33. The first-order chi connectivity index (χ1) is 10.6. The zero-order valence-electron chi connectivity index (χ0n) is 11.9. The average molecular weight is 325 g/mol. The number of ether oxygens (including phenoxy) is 2. The lowest BCUT2D eigenvalue weighted by Gasteiger charge is -2.35. The zero-order valence-corrected chi connectivity index (χ0v) is 12.7. The fourth-order valence-electron chi connectivity index (χ4n) is 2.64. The van der Waals surface area contributed by atoms with Crippen molar-refractivity contribution >= 4 is 23.3 Å². The molecule has 0 radical (unpaired) electrons. The Balaban J connectivity index is 1.69. The molecule has 1 fully saturated rings. The van der Waals surface area contributed by atoms with Crippen molar-refractivity contribution in [3.8, 4) is 5.88 Å². The van der Waals surface area contributed by atoms with Crippen LogP contribution in [0.1, 0.15) is 24.8 Å². The van der Waals surface area contributed by atoms with Gasteiger partial charge >= 0.3 is 6.09 Å². The van der Waals surface area contributed by atoms with Crippen LogP contribution in [0.25, 0.3) is 5.57 Å². The van der Waals surface area contributed by atoms with Gasteiger partial charge in [0.15, 0.2) is 0 Å². The third-order valence-corrected chi connectivity index (χ3v) is 4.05. The van der Waals surface area contributed by atoms with E-state index in [0.717, 1.165) is 17.6 Å². The summed E-state index contributed by atoms with van der Waals surface area (Å²) >= 11 is 5.97. The molecule has 1 aromatic heterocycles. The highest BCUT2D eigenvalue weighted by Gasteiger charge is 2.33. The summed E-state index contributed by atoms with van der Waals surface area (Å²) in [5.74, 6) is 0.513. The molecule has 3 rings (SSSR count). The van der Waals surface area contributed by atoms with Crippen LogP contribution in [-0.4, -0.2) is 41.5 Å². The van der Waals surface area contributed by atoms with E-state index in [0.29, 0.717) is 37.1 Å². The molecule has 118 valence electrons. The molecular formula is C15H17ClN2O4. The van der Waals surface area contributed by atoms with Gasteiger partial charge in [-0.05, 0) is 24.1 Å². The van der Waals surface area contributed by atoms with Gasteiger partial charge in [-0.3, -0.25) is 0 Å². The molecule has 1 aromatic rings. The molecule has 1 aliphatic heterocycles. The summed E-state index contributed by atoms with van der Waals surface area (Å²) in [5.41, 5.74) is 2.08. The van der Waals surface area contributed by atoms with Crippen LogP contribution in [0.3, 0.4) is 0 Å². The van der Waals surface area contributed by atoms with Crippen molar-refractivity contribution in [2.75, 3.05) is 13.2 Å². The van der Waals surface area contributed by atoms with Crippen LogP contribution >= 0.6 is 11.6 Å². The Bertz CT molecular complexity index is 599. The average Bonchev–Trinajstić information content (AvgIpc) is 2.45. The number of rotatable bonds is 4. The minimum atomic E-state index is -1.00. The summed E-state index contributed by atoms with van der Waals surface area (Å²) in [4.78, 5) is 14.9. The maximum atomic E-state index is 10.6. The fraction of sp³-hybridized carbons (Fsp3) is 0.467. The Morgan fingerprint density at radius 3 is 2.95 bits per heavy atom. The number of hydrogen-bond acceptors (Lipinski definition) is 4. The Morgan fingerprint density at radius 1 is 1.45 bits per heavy atom. The molecule has 22 heavy (non-hydrogen) atoms. The highest BCUT2D eigenvalue weighted by molar-refractivity contribution is 6.29. The number of carboxylic acid groups (broad SMARTS) is 1. The Morgan fingerprint density at radius 2 is 2.27 bits per heavy atom. The van der Waals surface area contributed by atoms with Crippen LogP contribution < -0.4 is 10.1 Å². The van der Waals surface area contributed by atoms with Gasteiger partial charge in [-0.15, -0.1) is 0 Å². The molecule has 0 spiro atoms. The second-order valence-electron chi connectivity index (χ2n) is 5.40. The fourth-order valence-corrected chi connectivity index (χ4v) is 2.78. The third-order valence-electron chi connectivity index (χ3n) is 3.84. The van der Waals surface area contributed by atoms with Gasteiger partial charge in [0.1, 0.15) is 11.3 Å². The second kappa shape index (κ2) is 6.54. The summed E-state index contributed by atoms with van der Waals surface area (Å²) in [6, 6.07) is 3.61. The molecule has 2 N–H and O–H groups in total. The van der Waals surface area contributed by atoms with E-state index in [2.05, 4.69) is 10.3 Å². The number of aromatic nitrogens is 1. The van der Waals surface area contributed by atoms with Gasteiger partial charge in [0, 0.05) is 24.4 Å². The SMILES string of the molecule is O=C(O)NC1CC(Oc2nc(Cl)ccc2C2=CCOCC2)C1. The summed E-state index contributed by atoms with van der Waals surface area (Å²) < 4.78 is 11.2. The summed E-state index contributed by atoms with van der Waals surface area (Å²) in [6.07, 6.45) is 3.08. The van der Waals surface area contributed by atoms with Crippen LogP contribution in [0.2, 0.25) is 5.15 Å². The van der Waals surface area contributed by atoms with Crippen LogP contribution in [0.15, 0.2) is 18.2 Å². The van der Waals surface area contributed by atoms with Crippen molar-refractivity contribution in [1.82, 2.24) is 10.3 Å². The Kier molecular flexibility index (Phi) is 4.49. The first kappa shape index (κ1) is 15.1. The molecule has 0 saturated heterocycles. The van der Waals surface area contributed by atoms with Crippen molar-refractivity contribution in [3.05, 3.63) is 28.9 Å². The van der Waals surface area contributed by atoms with E-state index in [9.17, 15) is 4.79 Å². The lowest BCUT2D eigenvalue weighted by Crippen LogP contribution is -2.48. The van der Waals surface area contributed by atoms with Gasteiger partial charge in [0.25, 0.3) is 0 Å². The van der Waals surface area contributed by atoms with Gasteiger partial charge in [0.05, 0.1) is 13.2 Å². The number of nitrogens with one attached hydrogen (secondary N) is 1.